The van der Waals surface area contributed by atoms with Gasteiger partial charge < -0.3 is 14.7 Å². The summed E-state index contributed by atoms with van der Waals surface area (Å²) in [6, 6.07) is 1.66. The lowest BCUT2D eigenvalue weighted by Crippen LogP contribution is -2.39. The van der Waals surface area contributed by atoms with E-state index in [2.05, 4.69) is 52.0 Å². The molecular weight excluding hydrogens is 330 g/mol. The van der Waals surface area contributed by atoms with Crippen molar-refractivity contribution in [2.75, 3.05) is 18.4 Å². The first-order valence-electron chi connectivity index (χ1n) is 9.47. The van der Waals surface area contributed by atoms with Crippen LogP contribution in [0.15, 0.2) is 10.6 Å². The van der Waals surface area contributed by atoms with Gasteiger partial charge in [-0.1, -0.05) is 46.7 Å². The molecule has 26 heavy (non-hydrogen) atoms. The minimum absolute atomic E-state index is 0.0360. The smallest absolute Gasteiger partial charge is 0.245 e. The minimum Gasteiger partial charge on any atom is -0.360 e. The first kappa shape index (κ1) is 22.2. The molecule has 0 saturated heterocycles. The number of hydrogen-bond donors (Lipinski definition) is 1. The van der Waals surface area contributed by atoms with E-state index in [1.54, 1.807) is 17.9 Å². The largest absolute Gasteiger partial charge is 0.360 e. The van der Waals surface area contributed by atoms with Crippen LogP contribution in [-0.4, -0.2) is 35.0 Å². The molecule has 0 aliphatic carbocycles. The van der Waals surface area contributed by atoms with E-state index < -0.39 is 0 Å². The van der Waals surface area contributed by atoms with E-state index in [9.17, 15) is 9.59 Å². The van der Waals surface area contributed by atoms with Gasteiger partial charge in [0.25, 0.3) is 0 Å². The molecule has 1 atom stereocenters. The number of aromatic nitrogens is 1. The van der Waals surface area contributed by atoms with Gasteiger partial charge in [-0.2, -0.15) is 0 Å². The maximum Gasteiger partial charge on any atom is 0.245 e. The zero-order valence-corrected chi connectivity index (χ0v) is 17.4. The molecular formula is C20H35N3O3. The average Bonchev–Trinajstić information content (AvgIpc) is 2.85. The van der Waals surface area contributed by atoms with Gasteiger partial charge in [-0.15, -0.1) is 0 Å². The number of carbonyl (C=O) groups is 2. The molecule has 6 heteroatoms. The predicted molar refractivity (Wildman–Crippen MR) is 104 cm³/mol. The lowest BCUT2D eigenvalue weighted by molar-refractivity contribution is -0.135. The Morgan fingerprint density at radius 3 is 2.42 bits per heavy atom. The molecule has 0 saturated carbocycles. The third-order valence-electron chi connectivity index (χ3n) is 4.04. The van der Waals surface area contributed by atoms with Crippen molar-refractivity contribution < 1.29 is 14.1 Å². The zero-order valence-electron chi connectivity index (χ0n) is 17.4. The van der Waals surface area contributed by atoms with Crippen LogP contribution in [0, 0.1) is 24.2 Å². The topological polar surface area (TPSA) is 75.4 Å². The van der Waals surface area contributed by atoms with Gasteiger partial charge in [-0.3, -0.25) is 9.59 Å². The van der Waals surface area contributed by atoms with Gasteiger partial charge in [0.1, 0.15) is 5.76 Å². The van der Waals surface area contributed by atoms with Gasteiger partial charge in [-0.05, 0) is 37.0 Å². The third-order valence-corrected chi connectivity index (χ3v) is 4.04. The average molecular weight is 366 g/mol. The Balaban J connectivity index is 2.67. The molecule has 0 fully saturated rings. The number of rotatable bonds is 9. The normalized spacial score (nSPS) is 12.9. The summed E-state index contributed by atoms with van der Waals surface area (Å²) in [6.07, 6.45) is 2.31. The van der Waals surface area contributed by atoms with E-state index in [0.29, 0.717) is 30.5 Å². The maximum absolute atomic E-state index is 12.8. The molecule has 1 heterocycles. The van der Waals surface area contributed by atoms with E-state index in [1.165, 1.54) is 0 Å². The Morgan fingerprint density at radius 2 is 1.92 bits per heavy atom. The predicted octanol–water partition coefficient (Wildman–Crippen LogP) is 4.26. The number of nitrogens with one attached hydrogen (secondary N) is 1. The van der Waals surface area contributed by atoms with Gasteiger partial charge >= 0.3 is 0 Å². The van der Waals surface area contributed by atoms with Crippen molar-refractivity contribution in [1.82, 2.24) is 10.1 Å². The highest BCUT2D eigenvalue weighted by molar-refractivity contribution is 5.93. The van der Waals surface area contributed by atoms with Gasteiger partial charge in [0, 0.05) is 19.0 Å². The fraction of sp³-hybridized carbons (Fsp3) is 0.750. The summed E-state index contributed by atoms with van der Waals surface area (Å²) >= 11 is 0. The van der Waals surface area contributed by atoms with Crippen molar-refractivity contribution in [1.29, 1.82) is 0 Å². The highest BCUT2D eigenvalue weighted by Crippen LogP contribution is 2.26. The second kappa shape index (κ2) is 9.74. The molecule has 6 nitrogen and oxygen atoms in total. The quantitative estimate of drug-likeness (QED) is 0.709. The summed E-state index contributed by atoms with van der Waals surface area (Å²) in [6.45, 7) is 15.3. The van der Waals surface area contributed by atoms with Gasteiger partial charge in [-0.25, -0.2) is 0 Å². The molecule has 1 rings (SSSR count). The van der Waals surface area contributed by atoms with Crippen LogP contribution in [0.2, 0.25) is 0 Å². The molecule has 1 aromatic rings. The molecule has 1 aromatic heterocycles. The van der Waals surface area contributed by atoms with Gasteiger partial charge in [0.2, 0.25) is 11.8 Å². The lowest BCUT2D eigenvalue weighted by atomic mass is 9.84. The summed E-state index contributed by atoms with van der Waals surface area (Å²) < 4.78 is 4.95. The van der Waals surface area contributed by atoms with Crippen LogP contribution in [0.5, 0.6) is 0 Å². The van der Waals surface area contributed by atoms with E-state index >= 15 is 0 Å². The summed E-state index contributed by atoms with van der Waals surface area (Å²) in [7, 11) is 0. The Labute approximate surface area is 157 Å². The van der Waals surface area contributed by atoms with Crippen LogP contribution in [0.1, 0.15) is 66.6 Å². The minimum atomic E-state index is -0.251. The molecule has 148 valence electrons. The van der Waals surface area contributed by atoms with E-state index in [-0.39, 0.29) is 29.7 Å². The highest BCUT2D eigenvalue weighted by atomic mass is 16.5. The van der Waals surface area contributed by atoms with E-state index in [1.807, 2.05) is 0 Å². The van der Waals surface area contributed by atoms with Crippen molar-refractivity contribution in [3.8, 4) is 0 Å². The Hall–Kier alpha value is -1.85. The SMILES string of the molecule is Cc1cc(NC(=O)CN(CCC(C)C)C(=O)CC(C)CC(C)(C)C)no1. The first-order valence-corrected chi connectivity index (χ1v) is 9.47. The number of nitrogens with zero attached hydrogens (tertiary/aromatic N) is 2. The zero-order chi connectivity index (χ0) is 19.9. The van der Waals surface area contributed by atoms with Crippen molar-refractivity contribution in [2.24, 2.45) is 17.3 Å². The Morgan fingerprint density at radius 1 is 1.27 bits per heavy atom. The third kappa shape index (κ3) is 9.02. The molecule has 0 bridgehead atoms. The summed E-state index contributed by atoms with van der Waals surface area (Å²) in [5.74, 6) is 1.55. The van der Waals surface area contributed by atoms with E-state index in [4.69, 9.17) is 4.52 Å². The Kier molecular flexibility index (Phi) is 8.31. The van der Waals surface area contributed by atoms with Crippen LogP contribution < -0.4 is 5.32 Å². The molecule has 0 spiro atoms. The van der Waals surface area contributed by atoms with Gasteiger partial charge in [0.05, 0.1) is 6.54 Å². The standard InChI is InChI=1S/C20H35N3O3/c1-14(2)8-9-23(19(25)10-15(3)12-20(5,6)7)13-18(24)21-17-11-16(4)26-22-17/h11,14-15H,8-10,12-13H2,1-7H3,(H,21,22,24). The number of hydrogen-bond acceptors (Lipinski definition) is 4. The summed E-state index contributed by atoms with van der Waals surface area (Å²) in [4.78, 5) is 26.7. The maximum atomic E-state index is 12.8. The molecule has 0 radical (unpaired) electrons. The number of carbonyl (C=O) groups excluding carboxylic acids is 2. The number of amides is 2. The molecule has 1 unspecified atom stereocenters. The second-order valence-corrected chi connectivity index (χ2v) is 8.94. The van der Waals surface area contributed by atoms with Crippen molar-refractivity contribution >= 4 is 17.6 Å². The van der Waals surface area contributed by atoms with Crippen LogP contribution in [0.4, 0.5) is 5.82 Å². The van der Waals surface area contributed by atoms with Crippen LogP contribution in [0.25, 0.3) is 0 Å². The first-order chi connectivity index (χ1) is 12.0. The van der Waals surface area contributed by atoms with Gasteiger partial charge in [0.15, 0.2) is 5.82 Å². The molecule has 0 aliphatic heterocycles. The fourth-order valence-corrected chi connectivity index (χ4v) is 3.03. The van der Waals surface area contributed by atoms with E-state index in [0.717, 1.165) is 12.8 Å². The Bertz CT molecular complexity index is 587. The number of anilines is 1. The second-order valence-electron chi connectivity index (χ2n) is 8.94. The fourth-order valence-electron chi connectivity index (χ4n) is 3.03. The molecule has 0 aliphatic rings. The molecule has 2 amide bonds. The van der Waals surface area contributed by atoms with Crippen molar-refractivity contribution in [3.05, 3.63) is 11.8 Å². The summed E-state index contributed by atoms with van der Waals surface area (Å²) in [5.41, 5.74) is 0.185. The molecule has 1 N–H and O–H groups in total. The monoisotopic (exact) mass is 365 g/mol. The van der Waals surface area contributed by atoms with Crippen LogP contribution in [0.3, 0.4) is 0 Å². The van der Waals surface area contributed by atoms with Crippen LogP contribution in [-0.2, 0) is 9.59 Å². The van der Waals surface area contributed by atoms with Crippen molar-refractivity contribution in [3.63, 3.8) is 0 Å². The summed E-state index contributed by atoms with van der Waals surface area (Å²) in [5, 5.41) is 6.45. The molecule has 0 aromatic carbocycles. The lowest BCUT2D eigenvalue weighted by Gasteiger charge is -2.27. The highest BCUT2D eigenvalue weighted by Gasteiger charge is 2.23. The van der Waals surface area contributed by atoms with Crippen LogP contribution >= 0.6 is 0 Å². The van der Waals surface area contributed by atoms with Crippen molar-refractivity contribution in [2.45, 2.75) is 67.7 Å². The number of aryl methyl sites for hydroxylation is 1.